The van der Waals surface area contributed by atoms with Crippen LogP contribution in [0.5, 0.6) is 0 Å². The number of carbonyl (C=O) groups is 1. The van der Waals surface area contributed by atoms with Gasteiger partial charge in [-0.05, 0) is 24.3 Å². The molecule has 0 radical (unpaired) electrons. The first-order chi connectivity index (χ1) is 10.7. The number of ketones is 1. The molecule has 0 aliphatic heterocycles. The van der Waals surface area contributed by atoms with Gasteiger partial charge in [0.25, 0.3) is 0 Å². The van der Waals surface area contributed by atoms with E-state index in [1.807, 2.05) is 59.2 Å². The summed E-state index contributed by atoms with van der Waals surface area (Å²) in [4.78, 5) is 12.2. The summed E-state index contributed by atoms with van der Waals surface area (Å²) in [5, 5.41) is 8.73. The number of thioether (sulfide) groups is 1. The van der Waals surface area contributed by atoms with E-state index in [1.54, 1.807) is 6.33 Å². The molecule has 0 saturated heterocycles. The highest BCUT2D eigenvalue weighted by Crippen LogP contribution is 2.21. The van der Waals surface area contributed by atoms with Crippen LogP contribution in [0.2, 0.25) is 0 Å². The second-order valence-corrected chi connectivity index (χ2v) is 6.40. The monoisotopic (exact) mass is 373 g/mol. The van der Waals surface area contributed by atoms with Crippen LogP contribution in [0, 0.1) is 0 Å². The zero-order valence-corrected chi connectivity index (χ0v) is 13.9. The standard InChI is InChI=1S/C16H12BrN3OS/c17-13-6-4-5-12(9-13)15(21)10-22-16-19-18-11-20(16)14-7-2-1-3-8-14/h1-9,11H,10H2. The average molecular weight is 374 g/mol. The summed E-state index contributed by atoms with van der Waals surface area (Å²) in [6, 6.07) is 17.2. The van der Waals surface area contributed by atoms with Crippen LogP contribution in [0.4, 0.5) is 0 Å². The Balaban J connectivity index is 1.73. The third-order valence-electron chi connectivity index (χ3n) is 3.03. The molecule has 0 spiro atoms. The van der Waals surface area contributed by atoms with E-state index in [9.17, 15) is 4.79 Å². The van der Waals surface area contributed by atoms with E-state index >= 15 is 0 Å². The molecule has 0 bridgehead atoms. The van der Waals surface area contributed by atoms with Gasteiger partial charge in [-0.1, -0.05) is 58.0 Å². The number of carbonyl (C=O) groups excluding carboxylic acids is 1. The summed E-state index contributed by atoms with van der Waals surface area (Å²) < 4.78 is 2.77. The fourth-order valence-electron chi connectivity index (χ4n) is 1.96. The summed E-state index contributed by atoms with van der Waals surface area (Å²) in [6.07, 6.45) is 1.65. The smallest absolute Gasteiger partial charge is 0.196 e. The minimum absolute atomic E-state index is 0.0638. The first kappa shape index (κ1) is 15.0. The molecule has 1 heterocycles. The molecule has 22 heavy (non-hydrogen) atoms. The maximum Gasteiger partial charge on any atom is 0.196 e. The summed E-state index contributed by atoms with van der Waals surface area (Å²) in [6.45, 7) is 0. The van der Waals surface area contributed by atoms with Crippen LogP contribution in [0.3, 0.4) is 0 Å². The normalized spacial score (nSPS) is 10.6. The van der Waals surface area contributed by atoms with Crippen LogP contribution in [-0.4, -0.2) is 26.3 Å². The number of para-hydroxylation sites is 1. The van der Waals surface area contributed by atoms with E-state index in [4.69, 9.17) is 0 Å². The maximum absolute atomic E-state index is 12.2. The molecule has 2 aromatic carbocycles. The van der Waals surface area contributed by atoms with Crippen molar-refractivity contribution in [3.05, 3.63) is 71.0 Å². The molecule has 0 atom stereocenters. The summed E-state index contributed by atoms with van der Waals surface area (Å²) in [7, 11) is 0. The van der Waals surface area contributed by atoms with Crippen LogP contribution in [0.1, 0.15) is 10.4 Å². The molecule has 6 heteroatoms. The molecular formula is C16H12BrN3OS. The van der Waals surface area contributed by atoms with E-state index in [2.05, 4.69) is 26.1 Å². The van der Waals surface area contributed by atoms with Crippen molar-refractivity contribution in [2.24, 2.45) is 0 Å². The molecule has 0 fully saturated rings. The van der Waals surface area contributed by atoms with Crippen molar-refractivity contribution in [2.75, 3.05) is 5.75 Å². The molecule has 0 unspecified atom stereocenters. The van der Waals surface area contributed by atoms with Gasteiger partial charge in [0, 0.05) is 15.7 Å². The van der Waals surface area contributed by atoms with Gasteiger partial charge in [0.15, 0.2) is 10.9 Å². The van der Waals surface area contributed by atoms with Crippen molar-refractivity contribution in [3.63, 3.8) is 0 Å². The SMILES string of the molecule is O=C(CSc1nncn1-c1ccccc1)c1cccc(Br)c1. The van der Waals surface area contributed by atoms with Crippen LogP contribution in [0.15, 0.2) is 70.6 Å². The number of hydrogen-bond donors (Lipinski definition) is 0. The molecular weight excluding hydrogens is 362 g/mol. The van der Waals surface area contributed by atoms with E-state index in [-0.39, 0.29) is 5.78 Å². The van der Waals surface area contributed by atoms with Crippen molar-refractivity contribution in [2.45, 2.75) is 5.16 Å². The molecule has 0 amide bonds. The predicted octanol–water partition coefficient (Wildman–Crippen LogP) is 4.00. The van der Waals surface area contributed by atoms with Crippen LogP contribution >= 0.6 is 27.7 Å². The summed E-state index contributed by atoms with van der Waals surface area (Å²) in [5.74, 6) is 0.385. The third-order valence-corrected chi connectivity index (χ3v) is 4.47. The Kier molecular flexibility index (Phi) is 4.70. The molecule has 0 aliphatic carbocycles. The van der Waals surface area contributed by atoms with Crippen LogP contribution < -0.4 is 0 Å². The van der Waals surface area contributed by atoms with E-state index in [1.165, 1.54) is 11.8 Å². The van der Waals surface area contributed by atoms with E-state index in [0.29, 0.717) is 16.5 Å². The largest absolute Gasteiger partial charge is 0.293 e. The Labute approximate surface area is 140 Å². The molecule has 0 saturated carbocycles. The summed E-state index contributed by atoms with van der Waals surface area (Å²) >= 11 is 4.76. The first-order valence-corrected chi connectivity index (χ1v) is 8.39. The number of hydrogen-bond acceptors (Lipinski definition) is 4. The van der Waals surface area contributed by atoms with Gasteiger partial charge >= 0.3 is 0 Å². The van der Waals surface area contributed by atoms with Gasteiger partial charge in [-0.15, -0.1) is 10.2 Å². The van der Waals surface area contributed by atoms with Crippen molar-refractivity contribution in [1.29, 1.82) is 0 Å². The second kappa shape index (κ2) is 6.89. The van der Waals surface area contributed by atoms with Gasteiger partial charge in [0.1, 0.15) is 6.33 Å². The van der Waals surface area contributed by atoms with Crippen molar-refractivity contribution in [3.8, 4) is 5.69 Å². The average Bonchev–Trinajstić information content (AvgIpc) is 3.02. The quantitative estimate of drug-likeness (QED) is 0.500. The van der Waals surface area contributed by atoms with Gasteiger partial charge in [-0.2, -0.15) is 0 Å². The highest BCUT2D eigenvalue weighted by molar-refractivity contribution is 9.10. The summed E-state index contributed by atoms with van der Waals surface area (Å²) in [5.41, 5.74) is 1.66. The Bertz CT molecular complexity index is 789. The van der Waals surface area contributed by atoms with Gasteiger partial charge in [0.2, 0.25) is 0 Å². The lowest BCUT2D eigenvalue weighted by Gasteiger charge is -2.05. The minimum atomic E-state index is 0.0638. The molecule has 1 aromatic heterocycles. The molecule has 110 valence electrons. The Hall–Kier alpha value is -1.92. The number of benzene rings is 2. The number of halogens is 1. The van der Waals surface area contributed by atoms with Gasteiger partial charge in [-0.3, -0.25) is 9.36 Å². The topological polar surface area (TPSA) is 47.8 Å². The molecule has 4 nitrogen and oxygen atoms in total. The minimum Gasteiger partial charge on any atom is -0.293 e. The van der Waals surface area contributed by atoms with E-state index < -0.39 is 0 Å². The zero-order chi connectivity index (χ0) is 15.4. The van der Waals surface area contributed by atoms with Gasteiger partial charge in [0.05, 0.1) is 5.75 Å². The molecule has 3 aromatic rings. The predicted molar refractivity (Wildman–Crippen MR) is 90.6 cm³/mol. The lowest BCUT2D eigenvalue weighted by molar-refractivity contribution is 0.102. The lowest BCUT2D eigenvalue weighted by atomic mass is 10.2. The Morgan fingerprint density at radius 3 is 2.73 bits per heavy atom. The second-order valence-electron chi connectivity index (χ2n) is 4.54. The van der Waals surface area contributed by atoms with Crippen molar-refractivity contribution in [1.82, 2.24) is 14.8 Å². The lowest BCUT2D eigenvalue weighted by Crippen LogP contribution is -2.04. The van der Waals surface area contributed by atoms with Crippen LogP contribution in [0.25, 0.3) is 5.69 Å². The number of aromatic nitrogens is 3. The van der Waals surface area contributed by atoms with E-state index in [0.717, 1.165) is 10.2 Å². The van der Waals surface area contributed by atoms with Gasteiger partial charge in [-0.25, -0.2) is 0 Å². The fourth-order valence-corrected chi connectivity index (χ4v) is 3.19. The maximum atomic E-state index is 12.2. The highest BCUT2D eigenvalue weighted by Gasteiger charge is 2.11. The highest BCUT2D eigenvalue weighted by atomic mass is 79.9. The molecule has 0 N–H and O–H groups in total. The fraction of sp³-hybridized carbons (Fsp3) is 0.0625. The van der Waals surface area contributed by atoms with Crippen molar-refractivity contribution >= 4 is 33.5 Å². The third kappa shape index (κ3) is 3.45. The first-order valence-electron chi connectivity index (χ1n) is 6.61. The number of Topliss-reactive ketones (excluding diaryl/α,β-unsaturated/α-hetero) is 1. The zero-order valence-electron chi connectivity index (χ0n) is 11.5. The molecule has 3 rings (SSSR count). The van der Waals surface area contributed by atoms with Gasteiger partial charge < -0.3 is 0 Å². The number of rotatable bonds is 5. The molecule has 0 aliphatic rings. The number of nitrogens with zero attached hydrogens (tertiary/aromatic N) is 3. The Morgan fingerprint density at radius 1 is 1.14 bits per heavy atom. The van der Waals surface area contributed by atoms with Crippen molar-refractivity contribution < 1.29 is 4.79 Å². The Morgan fingerprint density at radius 2 is 1.95 bits per heavy atom. The van der Waals surface area contributed by atoms with Crippen LogP contribution in [-0.2, 0) is 0 Å².